The molecule has 5 nitrogen and oxygen atoms in total. The molecule has 5 heteroatoms. The lowest BCUT2D eigenvalue weighted by Crippen LogP contribution is -2.54. The lowest BCUT2D eigenvalue weighted by molar-refractivity contribution is -0.166. The number of benzene rings is 1. The lowest BCUT2D eigenvalue weighted by atomic mass is 9.89. The minimum Gasteiger partial charge on any atom is -0.363 e. The highest BCUT2D eigenvalue weighted by molar-refractivity contribution is 5.81. The van der Waals surface area contributed by atoms with Crippen LogP contribution in [-0.2, 0) is 16.1 Å². The van der Waals surface area contributed by atoms with Gasteiger partial charge < -0.3 is 9.64 Å². The number of hydrogen-bond donors (Lipinski definition) is 0. The SMILES string of the molecule is CCN1C[C@@H](C2CCN(Cc3ccc(C#N)cc3)CC2)O[C@@H](C)C1=O. The van der Waals surface area contributed by atoms with Crippen LogP contribution in [0.4, 0.5) is 0 Å². The Hall–Kier alpha value is -1.90. The van der Waals surface area contributed by atoms with Gasteiger partial charge in [0.15, 0.2) is 0 Å². The highest BCUT2D eigenvalue weighted by Gasteiger charge is 2.36. The maximum atomic E-state index is 12.1. The molecule has 0 aromatic heterocycles. The molecular weight excluding hydrogens is 314 g/mol. The second-order valence-corrected chi connectivity index (χ2v) is 7.12. The van der Waals surface area contributed by atoms with Crippen LogP contribution < -0.4 is 0 Å². The number of ether oxygens (including phenoxy) is 1. The zero-order chi connectivity index (χ0) is 17.8. The predicted molar refractivity (Wildman–Crippen MR) is 95.7 cm³/mol. The minimum atomic E-state index is -0.310. The Morgan fingerprint density at radius 3 is 2.52 bits per heavy atom. The highest BCUT2D eigenvalue weighted by atomic mass is 16.5. The maximum Gasteiger partial charge on any atom is 0.251 e. The van der Waals surface area contributed by atoms with Crippen molar-refractivity contribution in [3.63, 3.8) is 0 Å². The minimum absolute atomic E-state index is 0.122. The van der Waals surface area contributed by atoms with Crippen molar-refractivity contribution in [2.24, 2.45) is 5.92 Å². The summed E-state index contributed by atoms with van der Waals surface area (Å²) >= 11 is 0. The smallest absolute Gasteiger partial charge is 0.251 e. The average Bonchev–Trinajstić information content (AvgIpc) is 2.65. The Morgan fingerprint density at radius 2 is 1.92 bits per heavy atom. The molecule has 0 aliphatic carbocycles. The van der Waals surface area contributed by atoms with Gasteiger partial charge in [-0.3, -0.25) is 9.69 Å². The summed E-state index contributed by atoms with van der Waals surface area (Å²) in [6, 6.07) is 10.0. The molecule has 2 aliphatic rings. The van der Waals surface area contributed by atoms with Crippen molar-refractivity contribution in [1.29, 1.82) is 5.26 Å². The highest BCUT2D eigenvalue weighted by Crippen LogP contribution is 2.28. The summed E-state index contributed by atoms with van der Waals surface area (Å²) < 4.78 is 6.01. The van der Waals surface area contributed by atoms with E-state index < -0.39 is 0 Å². The molecule has 2 atom stereocenters. The molecule has 2 saturated heterocycles. The van der Waals surface area contributed by atoms with Crippen molar-refractivity contribution >= 4 is 5.91 Å². The second-order valence-electron chi connectivity index (χ2n) is 7.12. The van der Waals surface area contributed by atoms with E-state index in [2.05, 4.69) is 11.0 Å². The molecule has 0 bridgehead atoms. The normalized spacial score (nSPS) is 25.8. The zero-order valence-electron chi connectivity index (χ0n) is 15.1. The number of likely N-dealkylation sites (tertiary alicyclic amines) is 1. The van der Waals surface area contributed by atoms with Crippen molar-refractivity contribution in [3.05, 3.63) is 35.4 Å². The maximum absolute atomic E-state index is 12.1. The number of rotatable bonds is 4. The van der Waals surface area contributed by atoms with E-state index in [0.29, 0.717) is 11.5 Å². The molecule has 0 spiro atoms. The molecular formula is C20H27N3O2. The lowest BCUT2D eigenvalue weighted by Gasteiger charge is -2.42. The third-order valence-corrected chi connectivity index (χ3v) is 5.47. The van der Waals surface area contributed by atoms with Crippen LogP contribution in [-0.4, -0.2) is 54.1 Å². The van der Waals surface area contributed by atoms with Gasteiger partial charge in [0.1, 0.15) is 6.10 Å². The van der Waals surface area contributed by atoms with Gasteiger partial charge in [-0.1, -0.05) is 12.1 Å². The van der Waals surface area contributed by atoms with Gasteiger partial charge in [-0.15, -0.1) is 0 Å². The number of likely N-dealkylation sites (N-methyl/N-ethyl adjacent to an activating group) is 1. The fraction of sp³-hybridized carbons (Fsp3) is 0.600. The first-order valence-electron chi connectivity index (χ1n) is 9.26. The first kappa shape index (κ1) is 17.9. The van der Waals surface area contributed by atoms with E-state index in [9.17, 15) is 4.79 Å². The Bertz CT molecular complexity index is 629. The fourth-order valence-electron chi connectivity index (χ4n) is 3.90. The van der Waals surface area contributed by atoms with Gasteiger partial charge in [-0.2, -0.15) is 5.26 Å². The summed E-state index contributed by atoms with van der Waals surface area (Å²) in [5.41, 5.74) is 1.96. The summed E-state index contributed by atoms with van der Waals surface area (Å²) in [6.07, 6.45) is 2.08. The van der Waals surface area contributed by atoms with Crippen molar-refractivity contribution in [2.45, 2.75) is 45.4 Å². The number of nitriles is 1. The summed E-state index contributed by atoms with van der Waals surface area (Å²) in [5, 5.41) is 8.88. The van der Waals surface area contributed by atoms with Crippen LogP contribution in [0.2, 0.25) is 0 Å². The largest absolute Gasteiger partial charge is 0.363 e. The number of nitrogens with zero attached hydrogens (tertiary/aromatic N) is 3. The van der Waals surface area contributed by atoms with Gasteiger partial charge in [0.25, 0.3) is 5.91 Å². The van der Waals surface area contributed by atoms with E-state index in [1.165, 1.54) is 5.56 Å². The average molecular weight is 341 g/mol. The molecule has 0 unspecified atom stereocenters. The first-order valence-corrected chi connectivity index (χ1v) is 9.26. The molecule has 1 amide bonds. The van der Waals surface area contributed by atoms with Crippen LogP contribution in [0.15, 0.2) is 24.3 Å². The van der Waals surface area contributed by atoms with Crippen molar-refractivity contribution in [3.8, 4) is 6.07 Å². The Balaban J connectivity index is 1.51. The molecule has 3 rings (SSSR count). The van der Waals surface area contributed by atoms with Gasteiger partial charge in [-0.05, 0) is 63.4 Å². The van der Waals surface area contributed by atoms with Gasteiger partial charge in [0, 0.05) is 19.6 Å². The van der Waals surface area contributed by atoms with Gasteiger partial charge in [0.05, 0.1) is 17.7 Å². The summed E-state index contributed by atoms with van der Waals surface area (Å²) in [6.45, 7) is 8.45. The first-order chi connectivity index (χ1) is 12.1. The predicted octanol–water partition coefficient (Wildman–Crippen LogP) is 2.41. The van der Waals surface area contributed by atoms with E-state index in [-0.39, 0.29) is 18.1 Å². The number of amides is 1. The van der Waals surface area contributed by atoms with E-state index in [4.69, 9.17) is 10.00 Å². The van der Waals surface area contributed by atoms with Gasteiger partial charge >= 0.3 is 0 Å². The molecule has 1 aromatic carbocycles. The van der Waals surface area contributed by atoms with E-state index in [1.54, 1.807) is 0 Å². The van der Waals surface area contributed by atoms with Crippen molar-refractivity contribution in [1.82, 2.24) is 9.80 Å². The molecule has 1 aromatic rings. The molecule has 134 valence electrons. The van der Waals surface area contributed by atoms with Crippen LogP contribution in [0.5, 0.6) is 0 Å². The third kappa shape index (κ3) is 4.20. The Kier molecular flexibility index (Phi) is 5.72. The number of carbonyl (C=O) groups is 1. The van der Waals surface area contributed by atoms with Gasteiger partial charge in [0.2, 0.25) is 0 Å². The molecule has 25 heavy (non-hydrogen) atoms. The quantitative estimate of drug-likeness (QED) is 0.844. The topological polar surface area (TPSA) is 56.6 Å². The number of carbonyl (C=O) groups excluding carboxylic acids is 1. The van der Waals surface area contributed by atoms with Crippen molar-refractivity contribution in [2.75, 3.05) is 26.2 Å². The van der Waals surface area contributed by atoms with Crippen LogP contribution in [0.3, 0.4) is 0 Å². The zero-order valence-corrected chi connectivity index (χ0v) is 15.1. The number of piperidine rings is 1. The monoisotopic (exact) mass is 341 g/mol. The molecule has 2 fully saturated rings. The van der Waals surface area contributed by atoms with Gasteiger partial charge in [-0.25, -0.2) is 0 Å². The molecule has 0 N–H and O–H groups in total. The van der Waals surface area contributed by atoms with E-state index >= 15 is 0 Å². The molecule has 2 heterocycles. The van der Waals surface area contributed by atoms with Crippen LogP contribution >= 0.6 is 0 Å². The number of hydrogen-bond acceptors (Lipinski definition) is 4. The van der Waals surface area contributed by atoms with Crippen LogP contribution in [0, 0.1) is 17.2 Å². The van der Waals surface area contributed by atoms with E-state index in [0.717, 1.165) is 45.6 Å². The standard InChI is InChI=1S/C20H27N3O2/c1-3-23-14-19(25-15(2)20(23)24)18-8-10-22(11-9-18)13-17-6-4-16(12-21)5-7-17/h4-7,15,18-19H,3,8-11,13-14H2,1-2H3/t15-,19-/m0/s1. The fourth-order valence-corrected chi connectivity index (χ4v) is 3.90. The van der Waals surface area contributed by atoms with Crippen LogP contribution in [0.1, 0.15) is 37.8 Å². The van der Waals surface area contributed by atoms with Crippen molar-refractivity contribution < 1.29 is 9.53 Å². The van der Waals surface area contributed by atoms with Crippen LogP contribution in [0.25, 0.3) is 0 Å². The summed E-state index contributed by atoms with van der Waals surface area (Å²) in [7, 11) is 0. The third-order valence-electron chi connectivity index (χ3n) is 5.47. The number of morpholine rings is 1. The molecule has 0 saturated carbocycles. The van der Waals surface area contributed by atoms with E-state index in [1.807, 2.05) is 43.0 Å². The summed E-state index contributed by atoms with van der Waals surface area (Å²) in [5.74, 6) is 0.652. The molecule has 0 radical (unpaired) electrons. The Labute approximate surface area is 150 Å². The Morgan fingerprint density at radius 1 is 1.24 bits per heavy atom. The second kappa shape index (κ2) is 7.99. The molecule has 2 aliphatic heterocycles. The summed E-state index contributed by atoms with van der Waals surface area (Å²) in [4.78, 5) is 16.5.